The molecule has 11 heteroatoms. The summed E-state index contributed by atoms with van der Waals surface area (Å²) in [7, 11) is 1.77. The highest BCUT2D eigenvalue weighted by Crippen LogP contribution is 2.37. The third kappa shape index (κ3) is 4.12. The molecule has 1 amide bonds. The summed E-state index contributed by atoms with van der Waals surface area (Å²) in [4.78, 5) is 49.6. The monoisotopic (exact) mass is 558 g/mol. The van der Waals surface area contributed by atoms with Gasteiger partial charge in [0.15, 0.2) is 4.32 Å². The number of para-hydroxylation sites is 1. The molecule has 39 heavy (non-hydrogen) atoms. The fraction of sp³-hybridized carbons (Fsp3) is 0.250. The first-order chi connectivity index (χ1) is 18.8. The van der Waals surface area contributed by atoms with Crippen LogP contribution < -0.4 is 20.9 Å². The van der Waals surface area contributed by atoms with Crippen molar-refractivity contribution in [3.05, 3.63) is 91.1 Å². The quantitative estimate of drug-likeness (QED) is 0.278. The van der Waals surface area contributed by atoms with Crippen LogP contribution in [0, 0.1) is 13.8 Å². The standard InChI is InChI=1S/C28H26N6O3S2/c1-17-11-12-22-29-24(31-13-7-8-14-31)20(25(35)32(22)16-17)15-21-26(36)33(28(38)39-21)23-18(2)30(3)34(27(23)37)19-9-5-4-6-10-19/h4-6,9-12,15-16H,7-8,13-14H2,1-3H3/b21-15+. The lowest BCUT2D eigenvalue weighted by Gasteiger charge is -2.19. The number of aromatic nitrogens is 4. The maximum Gasteiger partial charge on any atom is 0.296 e. The van der Waals surface area contributed by atoms with Crippen LogP contribution in [0.5, 0.6) is 0 Å². The topological polar surface area (TPSA) is 84.8 Å². The van der Waals surface area contributed by atoms with Gasteiger partial charge in [-0.2, -0.15) is 0 Å². The summed E-state index contributed by atoms with van der Waals surface area (Å²) in [5.41, 5.74) is 2.70. The number of fused-ring (bicyclic) bond motifs is 1. The second kappa shape index (κ2) is 9.65. The lowest BCUT2D eigenvalue weighted by molar-refractivity contribution is -0.113. The number of hydrogen-bond acceptors (Lipinski definition) is 7. The molecule has 0 unspecified atom stereocenters. The number of thiocarbonyl (C=S) groups is 1. The van der Waals surface area contributed by atoms with Gasteiger partial charge in [0, 0.05) is 26.3 Å². The van der Waals surface area contributed by atoms with Crippen molar-refractivity contribution in [2.75, 3.05) is 22.9 Å². The van der Waals surface area contributed by atoms with E-state index >= 15 is 0 Å². The zero-order valence-electron chi connectivity index (χ0n) is 21.7. The maximum atomic E-state index is 13.8. The lowest BCUT2D eigenvalue weighted by Crippen LogP contribution is -2.33. The van der Waals surface area contributed by atoms with Gasteiger partial charge in [-0.1, -0.05) is 48.2 Å². The molecule has 9 nitrogen and oxygen atoms in total. The van der Waals surface area contributed by atoms with Gasteiger partial charge in [0.05, 0.1) is 21.8 Å². The Hall–Kier alpha value is -3.96. The second-order valence-corrected chi connectivity index (χ2v) is 11.4. The normalized spacial score (nSPS) is 16.8. The summed E-state index contributed by atoms with van der Waals surface area (Å²) in [6.07, 6.45) is 5.36. The molecule has 5 heterocycles. The SMILES string of the molecule is Cc1ccc2nc(N3CCCC3)c(/C=C3/SC(=S)N(c4c(C)n(C)n(-c5ccccc5)c4=O)C3=O)c(=O)n2c1. The summed E-state index contributed by atoms with van der Waals surface area (Å²) < 4.78 is 4.98. The van der Waals surface area contributed by atoms with Crippen LogP contribution in [0.4, 0.5) is 11.5 Å². The van der Waals surface area contributed by atoms with Crippen molar-refractivity contribution in [3.8, 4) is 5.69 Å². The van der Waals surface area contributed by atoms with E-state index < -0.39 is 5.91 Å². The molecule has 0 saturated carbocycles. The molecule has 198 valence electrons. The number of hydrogen-bond donors (Lipinski definition) is 0. The minimum Gasteiger partial charge on any atom is -0.356 e. The van der Waals surface area contributed by atoms with Gasteiger partial charge in [-0.05, 0) is 56.5 Å². The molecule has 6 rings (SSSR count). The number of aryl methyl sites for hydroxylation is 1. The van der Waals surface area contributed by atoms with E-state index in [9.17, 15) is 14.4 Å². The van der Waals surface area contributed by atoms with Crippen LogP contribution in [0.25, 0.3) is 17.4 Å². The Morgan fingerprint density at radius 3 is 2.41 bits per heavy atom. The van der Waals surface area contributed by atoms with E-state index in [1.165, 1.54) is 14.0 Å². The number of benzene rings is 1. The molecule has 1 aromatic carbocycles. The van der Waals surface area contributed by atoms with Gasteiger partial charge in [-0.25, -0.2) is 9.67 Å². The van der Waals surface area contributed by atoms with E-state index in [1.54, 1.807) is 30.9 Å². The predicted molar refractivity (Wildman–Crippen MR) is 159 cm³/mol. The first-order valence-corrected chi connectivity index (χ1v) is 13.9. The zero-order valence-corrected chi connectivity index (χ0v) is 23.4. The predicted octanol–water partition coefficient (Wildman–Crippen LogP) is 3.81. The van der Waals surface area contributed by atoms with Gasteiger partial charge in [-0.3, -0.25) is 28.4 Å². The minimum absolute atomic E-state index is 0.205. The fourth-order valence-corrected chi connectivity index (χ4v) is 6.40. The summed E-state index contributed by atoms with van der Waals surface area (Å²) in [5, 5.41) is 0. The molecule has 0 N–H and O–H groups in total. The van der Waals surface area contributed by atoms with E-state index in [0.29, 0.717) is 28.4 Å². The number of thioether (sulfide) groups is 1. The zero-order chi connectivity index (χ0) is 27.4. The summed E-state index contributed by atoms with van der Waals surface area (Å²) >= 11 is 6.69. The molecule has 2 saturated heterocycles. The van der Waals surface area contributed by atoms with Crippen molar-refractivity contribution >= 4 is 57.4 Å². The van der Waals surface area contributed by atoms with Crippen molar-refractivity contribution in [2.24, 2.45) is 7.05 Å². The van der Waals surface area contributed by atoms with E-state index in [-0.39, 0.29) is 26.0 Å². The molecular weight excluding hydrogens is 532 g/mol. The van der Waals surface area contributed by atoms with Gasteiger partial charge < -0.3 is 4.90 Å². The third-order valence-electron chi connectivity index (χ3n) is 7.21. The lowest BCUT2D eigenvalue weighted by atomic mass is 10.2. The van der Waals surface area contributed by atoms with Crippen LogP contribution >= 0.6 is 24.0 Å². The van der Waals surface area contributed by atoms with E-state index in [0.717, 1.165) is 43.3 Å². The number of carbonyl (C=O) groups excluding carboxylic acids is 1. The molecule has 0 aliphatic carbocycles. The van der Waals surface area contributed by atoms with Crippen molar-refractivity contribution in [2.45, 2.75) is 26.7 Å². The van der Waals surface area contributed by atoms with Crippen LogP contribution in [-0.2, 0) is 11.8 Å². The molecule has 0 spiro atoms. The number of nitrogens with zero attached hydrogens (tertiary/aromatic N) is 6. The van der Waals surface area contributed by atoms with E-state index in [1.807, 2.05) is 49.4 Å². The van der Waals surface area contributed by atoms with Crippen LogP contribution in [0.1, 0.15) is 29.7 Å². The maximum absolute atomic E-state index is 13.8. The Balaban J connectivity index is 1.48. The van der Waals surface area contributed by atoms with Gasteiger partial charge in [0.2, 0.25) is 0 Å². The molecule has 0 bridgehead atoms. The molecule has 0 radical (unpaired) electrons. The number of pyridine rings is 1. The number of anilines is 2. The van der Waals surface area contributed by atoms with Crippen molar-refractivity contribution in [1.29, 1.82) is 0 Å². The highest BCUT2D eigenvalue weighted by Gasteiger charge is 2.38. The Bertz CT molecular complexity index is 1810. The highest BCUT2D eigenvalue weighted by atomic mass is 32.2. The fourth-order valence-electron chi connectivity index (χ4n) is 5.15. The van der Waals surface area contributed by atoms with E-state index in [4.69, 9.17) is 17.2 Å². The van der Waals surface area contributed by atoms with Crippen LogP contribution in [0.15, 0.2) is 63.2 Å². The van der Waals surface area contributed by atoms with Gasteiger partial charge in [0.25, 0.3) is 17.0 Å². The molecule has 2 aliphatic rings. The second-order valence-electron chi connectivity index (χ2n) is 9.71. The summed E-state index contributed by atoms with van der Waals surface area (Å²) in [6, 6.07) is 13.0. The van der Waals surface area contributed by atoms with Crippen LogP contribution in [-0.4, -0.2) is 42.1 Å². The summed E-state index contributed by atoms with van der Waals surface area (Å²) in [6.45, 7) is 5.28. The van der Waals surface area contributed by atoms with Gasteiger partial charge in [-0.15, -0.1) is 0 Å². The highest BCUT2D eigenvalue weighted by molar-refractivity contribution is 8.27. The average molecular weight is 559 g/mol. The smallest absolute Gasteiger partial charge is 0.296 e. The molecule has 4 aromatic rings. The first kappa shape index (κ1) is 25.3. The minimum atomic E-state index is -0.433. The Morgan fingerprint density at radius 2 is 1.69 bits per heavy atom. The number of rotatable bonds is 4. The van der Waals surface area contributed by atoms with Crippen molar-refractivity contribution in [1.82, 2.24) is 18.7 Å². The number of carbonyl (C=O) groups is 1. The first-order valence-electron chi connectivity index (χ1n) is 12.7. The third-order valence-corrected chi connectivity index (χ3v) is 8.51. The van der Waals surface area contributed by atoms with Crippen LogP contribution in [0.2, 0.25) is 0 Å². The van der Waals surface area contributed by atoms with Crippen molar-refractivity contribution in [3.63, 3.8) is 0 Å². The Morgan fingerprint density at radius 1 is 0.974 bits per heavy atom. The average Bonchev–Trinajstić information content (AvgIpc) is 3.61. The Labute approximate surface area is 234 Å². The molecule has 2 fully saturated rings. The molecular formula is C28H26N6O3S2. The largest absolute Gasteiger partial charge is 0.356 e. The Kier molecular flexibility index (Phi) is 6.27. The van der Waals surface area contributed by atoms with Gasteiger partial charge >= 0.3 is 0 Å². The molecule has 2 aliphatic heterocycles. The molecule has 0 atom stereocenters. The summed E-state index contributed by atoms with van der Waals surface area (Å²) in [5.74, 6) is 0.131. The van der Waals surface area contributed by atoms with Crippen LogP contribution in [0.3, 0.4) is 0 Å². The van der Waals surface area contributed by atoms with E-state index in [2.05, 4.69) is 4.90 Å². The van der Waals surface area contributed by atoms with Gasteiger partial charge in [0.1, 0.15) is 17.2 Å². The number of amides is 1. The van der Waals surface area contributed by atoms with Crippen molar-refractivity contribution < 1.29 is 4.79 Å². The molecule has 3 aromatic heterocycles.